The third kappa shape index (κ3) is 6.33. The normalized spacial score (nSPS) is 14.9. The topological polar surface area (TPSA) is 44.8 Å². The van der Waals surface area contributed by atoms with Gasteiger partial charge in [-0.15, -0.1) is 0 Å². The van der Waals surface area contributed by atoms with E-state index < -0.39 is 0 Å². The molecule has 5 heteroatoms. The van der Waals surface area contributed by atoms with E-state index in [-0.39, 0.29) is 12.0 Å². The number of ether oxygens (including phenoxy) is 1. The van der Waals surface area contributed by atoms with Crippen LogP contribution in [0.5, 0.6) is 0 Å². The second-order valence-electron chi connectivity index (χ2n) is 4.79. The Hall–Kier alpha value is -0.650. The highest BCUT2D eigenvalue weighted by Gasteiger charge is 2.23. The molecule has 0 aromatic heterocycles. The van der Waals surface area contributed by atoms with E-state index in [0.29, 0.717) is 19.2 Å². The van der Waals surface area contributed by atoms with Crippen LogP contribution in [-0.4, -0.2) is 75.2 Å². The molecule has 5 nitrogen and oxygen atoms in total. The molecule has 0 spiro atoms. The Kier molecular flexibility index (Phi) is 8.97. The summed E-state index contributed by atoms with van der Waals surface area (Å²) in [4.78, 5) is 16.2. The van der Waals surface area contributed by atoms with Gasteiger partial charge in [0.15, 0.2) is 0 Å². The Morgan fingerprint density at radius 2 is 1.89 bits per heavy atom. The number of carbonyl (C=O) groups excluding carboxylic acids is 1. The summed E-state index contributed by atoms with van der Waals surface area (Å²) in [6, 6.07) is 0.157. The molecular formula is C13H29N3O2. The molecule has 0 aliphatic heterocycles. The standard InChI is InChI=1S/C13H29N3O2/c1-7-16(11(3)9-15(5)6)10-12(14-4)13(17)18-8-2/h11-12,14H,7-10H2,1-6H3. The molecule has 0 fully saturated rings. The van der Waals surface area contributed by atoms with Crippen molar-refractivity contribution in [1.82, 2.24) is 15.1 Å². The first-order chi connectivity index (χ1) is 8.46. The minimum absolute atomic E-state index is 0.171. The van der Waals surface area contributed by atoms with Gasteiger partial charge in [-0.2, -0.15) is 0 Å². The Morgan fingerprint density at radius 3 is 2.28 bits per heavy atom. The summed E-state index contributed by atoms with van der Waals surface area (Å²) in [6.07, 6.45) is 0. The maximum atomic E-state index is 11.7. The van der Waals surface area contributed by atoms with Crippen molar-refractivity contribution in [3.05, 3.63) is 0 Å². The van der Waals surface area contributed by atoms with E-state index in [0.717, 1.165) is 13.1 Å². The van der Waals surface area contributed by atoms with Gasteiger partial charge in [0.1, 0.15) is 6.04 Å². The monoisotopic (exact) mass is 259 g/mol. The van der Waals surface area contributed by atoms with E-state index >= 15 is 0 Å². The lowest BCUT2D eigenvalue weighted by atomic mass is 10.2. The van der Waals surface area contributed by atoms with Crippen molar-refractivity contribution in [3.8, 4) is 0 Å². The van der Waals surface area contributed by atoms with Crippen LogP contribution < -0.4 is 5.32 Å². The van der Waals surface area contributed by atoms with Gasteiger partial charge >= 0.3 is 5.97 Å². The van der Waals surface area contributed by atoms with Gasteiger partial charge in [0.25, 0.3) is 0 Å². The van der Waals surface area contributed by atoms with Gasteiger partial charge in [0, 0.05) is 19.1 Å². The average Bonchev–Trinajstić information content (AvgIpc) is 2.29. The molecule has 0 aliphatic rings. The minimum atomic E-state index is -0.255. The molecule has 18 heavy (non-hydrogen) atoms. The van der Waals surface area contributed by atoms with Crippen molar-refractivity contribution < 1.29 is 9.53 Å². The first kappa shape index (κ1) is 17.4. The summed E-state index contributed by atoms with van der Waals surface area (Å²) in [5, 5.41) is 3.03. The fourth-order valence-corrected chi connectivity index (χ4v) is 2.03. The van der Waals surface area contributed by atoms with Crippen LogP contribution in [0.25, 0.3) is 0 Å². The number of nitrogens with one attached hydrogen (secondary N) is 1. The summed E-state index contributed by atoms with van der Waals surface area (Å²) in [6.45, 7) is 9.14. The molecular weight excluding hydrogens is 230 g/mol. The zero-order valence-electron chi connectivity index (χ0n) is 12.7. The average molecular weight is 259 g/mol. The SMILES string of the molecule is CCOC(=O)C(CN(CC)C(C)CN(C)C)NC. The molecule has 108 valence electrons. The number of rotatable bonds is 9. The highest BCUT2D eigenvalue weighted by atomic mass is 16.5. The predicted molar refractivity (Wildman–Crippen MR) is 74.7 cm³/mol. The molecule has 0 saturated carbocycles. The molecule has 2 unspecified atom stereocenters. The summed E-state index contributed by atoms with van der Waals surface area (Å²) in [5.74, 6) is -0.171. The van der Waals surface area contributed by atoms with Crippen LogP contribution in [0.3, 0.4) is 0 Å². The quantitative estimate of drug-likeness (QED) is 0.608. The second-order valence-corrected chi connectivity index (χ2v) is 4.79. The van der Waals surface area contributed by atoms with Gasteiger partial charge in [-0.1, -0.05) is 6.92 Å². The number of carbonyl (C=O) groups is 1. The molecule has 0 radical (unpaired) electrons. The number of likely N-dealkylation sites (N-methyl/N-ethyl adjacent to an activating group) is 3. The van der Waals surface area contributed by atoms with Crippen LogP contribution in [0.15, 0.2) is 0 Å². The van der Waals surface area contributed by atoms with Crippen LogP contribution in [0, 0.1) is 0 Å². The van der Waals surface area contributed by atoms with E-state index in [2.05, 4.69) is 43.1 Å². The summed E-state index contributed by atoms with van der Waals surface area (Å²) < 4.78 is 5.06. The van der Waals surface area contributed by atoms with Crippen molar-refractivity contribution in [2.75, 3.05) is 47.4 Å². The van der Waals surface area contributed by atoms with Crippen molar-refractivity contribution in [1.29, 1.82) is 0 Å². The zero-order valence-corrected chi connectivity index (χ0v) is 12.7. The van der Waals surface area contributed by atoms with E-state index in [1.165, 1.54) is 0 Å². The van der Waals surface area contributed by atoms with Crippen LogP contribution in [0.4, 0.5) is 0 Å². The molecule has 1 N–H and O–H groups in total. The van der Waals surface area contributed by atoms with Gasteiger partial charge in [0.05, 0.1) is 6.61 Å². The molecule has 0 aliphatic carbocycles. The number of nitrogens with zero attached hydrogens (tertiary/aromatic N) is 2. The first-order valence-electron chi connectivity index (χ1n) is 6.68. The minimum Gasteiger partial charge on any atom is -0.465 e. The van der Waals surface area contributed by atoms with Crippen LogP contribution in [0.1, 0.15) is 20.8 Å². The molecule has 0 saturated heterocycles. The van der Waals surface area contributed by atoms with Gasteiger partial charge in [-0.3, -0.25) is 9.69 Å². The lowest BCUT2D eigenvalue weighted by Gasteiger charge is -2.32. The summed E-state index contributed by atoms with van der Waals surface area (Å²) in [5.41, 5.74) is 0. The zero-order chi connectivity index (χ0) is 14.1. The van der Waals surface area contributed by atoms with Crippen molar-refractivity contribution in [2.45, 2.75) is 32.9 Å². The Labute approximate surface area is 111 Å². The summed E-state index contributed by atoms with van der Waals surface area (Å²) in [7, 11) is 5.92. The lowest BCUT2D eigenvalue weighted by Crippen LogP contribution is -2.50. The number of hydrogen-bond acceptors (Lipinski definition) is 5. The Bertz CT molecular complexity index is 234. The van der Waals surface area contributed by atoms with Crippen LogP contribution in [0.2, 0.25) is 0 Å². The third-order valence-electron chi connectivity index (χ3n) is 3.00. The second kappa shape index (κ2) is 9.30. The van der Waals surface area contributed by atoms with Crippen LogP contribution in [-0.2, 0) is 9.53 Å². The Morgan fingerprint density at radius 1 is 1.28 bits per heavy atom. The van der Waals surface area contributed by atoms with Gasteiger partial charge in [-0.25, -0.2) is 0 Å². The fraction of sp³-hybridized carbons (Fsp3) is 0.923. The van der Waals surface area contributed by atoms with E-state index in [4.69, 9.17) is 4.74 Å². The number of esters is 1. The smallest absolute Gasteiger partial charge is 0.324 e. The van der Waals surface area contributed by atoms with Gasteiger partial charge in [-0.05, 0) is 41.5 Å². The van der Waals surface area contributed by atoms with Crippen LogP contribution >= 0.6 is 0 Å². The van der Waals surface area contributed by atoms with E-state index in [1.54, 1.807) is 7.05 Å². The molecule has 0 aromatic rings. The maximum Gasteiger partial charge on any atom is 0.324 e. The predicted octanol–water partition coefficient (Wildman–Crippen LogP) is 0.410. The van der Waals surface area contributed by atoms with Gasteiger partial charge < -0.3 is 15.0 Å². The highest BCUT2D eigenvalue weighted by Crippen LogP contribution is 2.03. The largest absolute Gasteiger partial charge is 0.465 e. The van der Waals surface area contributed by atoms with E-state index in [1.807, 2.05) is 6.92 Å². The molecule has 0 bridgehead atoms. The molecule has 0 rings (SSSR count). The number of hydrogen-bond donors (Lipinski definition) is 1. The molecule has 0 amide bonds. The molecule has 0 heterocycles. The Balaban J connectivity index is 4.43. The maximum absolute atomic E-state index is 11.7. The first-order valence-corrected chi connectivity index (χ1v) is 6.68. The van der Waals surface area contributed by atoms with E-state index in [9.17, 15) is 4.79 Å². The van der Waals surface area contributed by atoms with Crippen molar-refractivity contribution in [2.24, 2.45) is 0 Å². The molecule has 2 atom stereocenters. The third-order valence-corrected chi connectivity index (χ3v) is 3.00. The van der Waals surface area contributed by atoms with Crippen molar-refractivity contribution >= 4 is 5.97 Å². The highest BCUT2D eigenvalue weighted by molar-refractivity contribution is 5.76. The lowest BCUT2D eigenvalue weighted by molar-refractivity contribution is -0.146. The fourth-order valence-electron chi connectivity index (χ4n) is 2.03. The van der Waals surface area contributed by atoms with Crippen molar-refractivity contribution in [3.63, 3.8) is 0 Å². The van der Waals surface area contributed by atoms with Gasteiger partial charge in [0.2, 0.25) is 0 Å². The molecule has 0 aromatic carbocycles. The summed E-state index contributed by atoms with van der Waals surface area (Å²) >= 11 is 0.